The highest BCUT2D eigenvalue weighted by atomic mass is 35.5. The van der Waals surface area contributed by atoms with Crippen LogP contribution in [0.25, 0.3) is 0 Å². The van der Waals surface area contributed by atoms with Gasteiger partial charge in [-0.2, -0.15) is 0 Å². The number of anilines is 2. The maximum absolute atomic E-state index is 12.6. The third-order valence-electron chi connectivity index (χ3n) is 2.95. The van der Waals surface area contributed by atoms with E-state index in [4.69, 9.17) is 28.9 Å². The number of carbonyl (C=O) groups excluding carboxylic acids is 1. The third kappa shape index (κ3) is 2.89. The molecule has 0 unspecified atom stereocenters. The second kappa shape index (κ2) is 6.16. The van der Waals surface area contributed by atoms with E-state index in [1.54, 1.807) is 4.90 Å². The Bertz CT molecular complexity index is 629. The summed E-state index contributed by atoms with van der Waals surface area (Å²) in [4.78, 5) is 14.2. The molecule has 0 atom stereocenters. The number of carbonyl (C=O) groups is 1. The molecule has 5 heteroatoms. The zero-order valence-electron chi connectivity index (χ0n) is 10.9. The van der Waals surface area contributed by atoms with Crippen LogP contribution in [0, 0.1) is 0 Å². The number of amides is 1. The van der Waals surface area contributed by atoms with E-state index in [1.165, 1.54) is 12.1 Å². The summed E-state index contributed by atoms with van der Waals surface area (Å²) in [6, 6.07) is 12.4. The van der Waals surface area contributed by atoms with E-state index in [1.807, 2.05) is 37.3 Å². The summed E-state index contributed by atoms with van der Waals surface area (Å²) < 4.78 is 0. The van der Waals surface area contributed by atoms with Gasteiger partial charge in [-0.1, -0.05) is 41.4 Å². The standard InChI is InChI=1S/C15H14Cl2N2O/c1-2-19(10-6-4-3-5-7-10)15(20)11-8-14(18)13(17)9-12(11)16/h3-9H,2,18H2,1H3. The van der Waals surface area contributed by atoms with Crippen molar-refractivity contribution in [2.24, 2.45) is 0 Å². The Balaban J connectivity index is 2.42. The van der Waals surface area contributed by atoms with Crippen LogP contribution < -0.4 is 10.6 Å². The van der Waals surface area contributed by atoms with E-state index in [0.29, 0.717) is 27.8 Å². The van der Waals surface area contributed by atoms with Crippen molar-refractivity contribution in [1.29, 1.82) is 0 Å². The minimum absolute atomic E-state index is 0.202. The van der Waals surface area contributed by atoms with Crippen LogP contribution in [-0.4, -0.2) is 12.5 Å². The van der Waals surface area contributed by atoms with Crippen molar-refractivity contribution in [1.82, 2.24) is 0 Å². The van der Waals surface area contributed by atoms with Gasteiger partial charge in [-0.05, 0) is 31.2 Å². The molecule has 2 aromatic rings. The van der Waals surface area contributed by atoms with E-state index in [9.17, 15) is 4.79 Å². The molecule has 0 aliphatic heterocycles. The Labute approximate surface area is 127 Å². The third-order valence-corrected chi connectivity index (χ3v) is 3.59. The van der Waals surface area contributed by atoms with Crippen LogP contribution >= 0.6 is 23.2 Å². The predicted molar refractivity (Wildman–Crippen MR) is 84.7 cm³/mol. The molecular formula is C15H14Cl2N2O. The Morgan fingerprint density at radius 2 is 1.80 bits per heavy atom. The molecule has 0 heterocycles. The molecule has 0 radical (unpaired) electrons. The van der Waals surface area contributed by atoms with Gasteiger partial charge in [0.2, 0.25) is 0 Å². The average molecular weight is 309 g/mol. The fraction of sp³-hybridized carbons (Fsp3) is 0.133. The Hall–Kier alpha value is -1.71. The lowest BCUT2D eigenvalue weighted by Gasteiger charge is -2.22. The Morgan fingerprint density at radius 3 is 2.40 bits per heavy atom. The number of nitrogens with two attached hydrogens (primary N) is 1. The molecule has 104 valence electrons. The second-order valence-corrected chi connectivity index (χ2v) is 5.05. The van der Waals surface area contributed by atoms with E-state index in [-0.39, 0.29) is 5.91 Å². The largest absolute Gasteiger partial charge is 0.398 e. The smallest absolute Gasteiger partial charge is 0.259 e. The monoisotopic (exact) mass is 308 g/mol. The zero-order chi connectivity index (χ0) is 14.7. The van der Waals surface area contributed by atoms with Gasteiger partial charge in [-0.3, -0.25) is 4.79 Å². The second-order valence-electron chi connectivity index (χ2n) is 4.24. The number of para-hydroxylation sites is 1. The molecule has 20 heavy (non-hydrogen) atoms. The summed E-state index contributed by atoms with van der Waals surface area (Å²) in [5.74, 6) is -0.202. The van der Waals surface area contributed by atoms with Gasteiger partial charge in [-0.25, -0.2) is 0 Å². The van der Waals surface area contributed by atoms with Gasteiger partial charge >= 0.3 is 0 Å². The molecule has 1 amide bonds. The van der Waals surface area contributed by atoms with Gasteiger partial charge in [0, 0.05) is 12.2 Å². The predicted octanol–water partition coefficient (Wildman–Crippen LogP) is 4.24. The normalized spacial score (nSPS) is 10.3. The Morgan fingerprint density at radius 1 is 1.15 bits per heavy atom. The first-order valence-electron chi connectivity index (χ1n) is 6.16. The van der Waals surface area contributed by atoms with E-state index >= 15 is 0 Å². The number of rotatable bonds is 3. The first-order valence-corrected chi connectivity index (χ1v) is 6.91. The molecule has 0 saturated carbocycles. The summed E-state index contributed by atoms with van der Waals surface area (Å²) >= 11 is 12.0. The van der Waals surface area contributed by atoms with Gasteiger partial charge in [0.25, 0.3) is 5.91 Å². The van der Waals surface area contributed by atoms with Gasteiger partial charge in [0.15, 0.2) is 0 Å². The summed E-state index contributed by atoms with van der Waals surface area (Å²) in [5.41, 5.74) is 7.24. The number of hydrogen-bond acceptors (Lipinski definition) is 2. The molecular weight excluding hydrogens is 295 g/mol. The first kappa shape index (κ1) is 14.7. The lowest BCUT2D eigenvalue weighted by Crippen LogP contribution is -2.30. The lowest BCUT2D eigenvalue weighted by molar-refractivity contribution is 0.0988. The lowest BCUT2D eigenvalue weighted by atomic mass is 10.1. The van der Waals surface area contributed by atoms with Crippen molar-refractivity contribution >= 4 is 40.5 Å². The molecule has 0 saturated heterocycles. The molecule has 0 spiro atoms. The highest BCUT2D eigenvalue weighted by Crippen LogP contribution is 2.29. The number of hydrogen-bond donors (Lipinski definition) is 1. The van der Waals surface area contributed by atoms with Crippen LogP contribution in [0.15, 0.2) is 42.5 Å². The van der Waals surface area contributed by atoms with Crippen molar-refractivity contribution in [2.45, 2.75) is 6.92 Å². The maximum atomic E-state index is 12.6. The number of benzene rings is 2. The number of nitrogens with zero attached hydrogens (tertiary/aromatic N) is 1. The van der Waals surface area contributed by atoms with Crippen LogP contribution in [0.1, 0.15) is 17.3 Å². The van der Waals surface area contributed by atoms with Crippen LogP contribution in [0.5, 0.6) is 0 Å². The fourth-order valence-electron chi connectivity index (χ4n) is 1.93. The highest BCUT2D eigenvalue weighted by molar-refractivity contribution is 6.38. The molecule has 0 aliphatic carbocycles. The summed E-state index contributed by atoms with van der Waals surface area (Å²) in [6.45, 7) is 2.43. The quantitative estimate of drug-likeness (QED) is 0.862. The minimum atomic E-state index is -0.202. The average Bonchev–Trinajstić information content (AvgIpc) is 2.44. The summed E-state index contributed by atoms with van der Waals surface area (Å²) in [7, 11) is 0. The van der Waals surface area contributed by atoms with Crippen LogP contribution in [0.3, 0.4) is 0 Å². The molecule has 0 aromatic heterocycles. The van der Waals surface area contributed by atoms with Gasteiger partial charge in [-0.15, -0.1) is 0 Å². The summed E-state index contributed by atoms with van der Waals surface area (Å²) in [5, 5.41) is 0.637. The zero-order valence-corrected chi connectivity index (χ0v) is 12.4. The fourth-order valence-corrected chi connectivity index (χ4v) is 2.39. The molecule has 2 rings (SSSR count). The van der Waals surface area contributed by atoms with Gasteiger partial charge in [0.1, 0.15) is 0 Å². The van der Waals surface area contributed by atoms with E-state index in [2.05, 4.69) is 0 Å². The van der Waals surface area contributed by atoms with Crippen molar-refractivity contribution in [3.8, 4) is 0 Å². The minimum Gasteiger partial charge on any atom is -0.398 e. The molecule has 0 fully saturated rings. The van der Waals surface area contributed by atoms with Crippen LogP contribution in [-0.2, 0) is 0 Å². The van der Waals surface area contributed by atoms with Gasteiger partial charge < -0.3 is 10.6 Å². The molecule has 0 bridgehead atoms. The summed E-state index contributed by atoms with van der Waals surface area (Å²) in [6.07, 6.45) is 0. The topological polar surface area (TPSA) is 46.3 Å². The van der Waals surface area contributed by atoms with Crippen molar-refractivity contribution in [3.05, 3.63) is 58.1 Å². The van der Waals surface area contributed by atoms with Crippen LogP contribution in [0.4, 0.5) is 11.4 Å². The van der Waals surface area contributed by atoms with Crippen LogP contribution in [0.2, 0.25) is 10.0 Å². The molecule has 2 N–H and O–H groups in total. The Kier molecular flexibility index (Phi) is 4.53. The number of halogens is 2. The van der Waals surface area contributed by atoms with Crippen molar-refractivity contribution in [3.63, 3.8) is 0 Å². The molecule has 0 aliphatic rings. The SMILES string of the molecule is CCN(C(=O)c1cc(N)c(Cl)cc1Cl)c1ccccc1. The van der Waals surface area contributed by atoms with Crippen molar-refractivity contribution < 1.29 is 4.79 Å². The number of nitrogen functional groups attached to an aromatic ring is 1. The first-order chi connectivity index (χ1) is 9.54. The molecule has 2 aromatic carbocycles. The maximum Gasteiger partial charge on any atom is 0.259 e. The molecule has 3 nitrogen and oxygen atoms in total. The van der Waals surface area contributed by atoms with E-state index in [0.717, 1.165) is 5.69 Å². The van der Waals surface area contributed by atoms with Crippen molar-refractivity contribution in [2.75, 3.05) is 17.2 Å². The van der Waals surface area contributed by atoms with E-state index < -0.39 is 0 Å². The highest BCUT2D eigenvalue weighted by Gasteiger charge is 2.19. The van der Waals surface area contributed by atoms with Gasteiger partial charge in [0.05, 0.1) is 21.3 Å².